The lowest BCUT2D eigenvalue weighted by Gasteiger charge is -2.31. The van der Waals surface area contributed by atoms with Crippen LogP contribution in [0.3, 0.4) is 0 Å². The molecule has 0 aliphatic heterocycles. The molecule has 3 aromatic rings. The van der Waals surface area contributed by atoms with Crippen molar-refractivity contribution < 1.29 is 19.1 Å². The third kappa shape index (κ3) is 5.94. The van der Waals surface area contributed by atoms with Gasteiger partial charge in [0.2, 0.25) is 6.10 Å². The van der Waals surface area contributed by atoms with Gasteiger partial charge in [-0.2, -0.15) is 0 Å². The van der Waals surface area contributed by atoms with Crippen LogP contribution in [0.15, 0.2) is 42.5 Å². The number of carbonyl (C=O) groups excluding carboxylic acids is 2. The first-order valence-electron chi connectivity index (χ1n) is 12.2. The summed E-state index contributed by atoms with van der Waals surface area (Å²) in [5.74, 6) is -0.177. The fourth-order valence-corrected chi connectivity index (χ4v) is 4.85. The maximum Gasteiger partial charge on any atom is 0.345 e. The van der Waals surface area contributed by atoms with Gasteiger partial charge in [0.05, 0.1) is 17.6 Å². The summed E-state index contributed by atoms with van der Waals surface area (Å²) in [4.78, 5) is 32.5. The topological polar surface area (TPSA) is 124 Å². The lowest BCUT2D eigenvalue weighted by molar-refractivity contribution is -0.159. The highest BCUT2D eigenvalue weighted by Crippen LogP contribution is 2.32. The lowest BCUT2D eigenvalue weighted by atomic mass is 10.1. The van der Waals surface area contributed by atoms with Crippen LogP contribution >= 0.6 is 12.4 Å². The van der Waals surface area contributed by atoms with E-state index in [4.69, 9.17) is 25.6 Å². The number of amidine groups is 1. The second kappa shape index (κ2) is 12.2. The molecule has 1 saturated carbocycles. The zero-order chi connectivity index (χ0) is 25.8. The molecule has 1 fully saturated rings. The number of nitrogens with one attached hydrogen (secondary N) is 1. The Bertz CT molecular complexity index is 1270. The van der Waals surface area contributed by atoms with Crippen LogP contribution in [-0.4, -0.2) is 53.1 Å². The minimum atomic E-state index is -1.31. The van der Waals surface area contributed by atoms with Crippen molar-refractivity contribution in [3.63, 3.8) is 0 Å². The molecule has 0 spiro atoms. The highest BCUT2D eigenvalue weighted by atomic mass is 35.5. The standard InChI is InChI=1S/C27H33N5O4.ClH/c1-4-36-27(34)24(35-3)26(33)32(19-7-5-6-8-19)20-13-14-22-21(16-20)30-23(31(22)2)15-17-9-11-18(12-10-17)25(28)29;/h9-14,16,19,24H,4-8,15H2,1-3H3,(H3,28,29);1H. The van der Waals surface area contributed by atoms with E-state index in [0.717, 1.165) is 48.1 Å². The van der Waals surface area contributed by atoms with Crippen LogP contribution in [0, 0.1) is 5.41 Å². The Morgan fingerprint density at radius 2 is 1.86 bits per heavy atom. The SMILES string of the molecule is CCOC(=O)C(OC)C(=O)N(c1ccc2c(c1)nc(Cc1ccc(C(=N)N)cc1)n2C)C1CCCC1.Cl. The summed E-state index contributed by atoms with van der Waals surface area (Å²) < 4.78 is 12.4. The number of halogens is 1. The lowest BCUT2D eigenvalue weighted by Crippen LogP contribution is -2.49. The summed E-state index contributed by atoms with van der Waals surface area (Å²) >= 11 is 0. The largest absolute Gasteiger partial charge is 0.464 e. The number of nitrogens with zero attached hydrogens (tertiary/aromatic N) is 3. The molecule has 9 nitrogen and oxygen atoms in total. The van der Waals surface area contributed by atoms with Crippen LogP contribution in [0.4, 0.5) is 5.69 Å². The number of aryl methyl sites for hydroxylation is 1. The van der Waals surface area contributed by atoms with E-state index in [0.29, 0.717) is 17.7 Å². The van der Waals surface area contributed by atoms with Gasteiger partial charge in [0.25, 0.3) is 5.91 Å². The maximum absolute atomic E-state index is 13.6. The average molecular weight is 528 g/mol. The molecule has 3 N–H and O–H groups in total. The average Bonchev–Trinajstić information content (AvgIpc) is 3.49. The molecule has 1 aliphatic rings. The molecule has 1 aromatic heterocycles. The Labute approximate surface area is 222 Å². The van der Waals surface area contributed by atoms with E-state index in [9.17, 15) is 9.59 Å². The zero-order valence-corrected chi connectivity index (χ0v) is 22.2. The number of imidazole rings is 1. The number of aromatic nitrogens is 2. The number of ether oxygens (including phenoxy) is 2. The van der Waals surface area contributed by atoms with Crippen LogP contribution < -0.4 is 10.6 Å². The minimum absolute atomic E-state index is 0. The number of anilines is 1. The quantitative estimate of drug-likeness (QED) is 0.189. The van der Waals surface area contributed by atoms with Gasteiger partial charge in [-0.15, -0.1) is 12.4 Å². The number of hydrogen-bond acceptors (Lipinski definition) is 6. The number of nitrogen functional groups attached to an aromatic ring is 1. The molecule has 0 bridgehead atoms. The van der Waals surface area contributed by atoms with E-state index in [1.807, 2.05) is 54.1 Å². The van der Waals surface area contributed by atoms with Gasteiger partial charge in [0.1, 0.15) is 11.7 Å². The molecule has 1 heterocycles. The molecule has 4 rings (SSSR count). The number of hydrogen-bond donors (Lipinski definition) is 2. The normalized spacial score (nSPS) is 14.2. The van der Waals surface area contributed by atoms with Gasteiger partial charge in [-0.3, -0.25) is 10.2 Å². The molecule has 1 amide bonds. The molecule has 0 saturated heterocycles. The zero-order valence-electron chi connectivity index (χ0n) is 21.4. The van der Waals surface area contributed by atoms with Crippen molar-refractivity contribution in [2.24, 2.45) is 12.8 Å². The molecular formula is C27H34ClN5O4. The van der Waals surface area contributed by atoms with E-state index in [1.54, 1.807) is 11.8 Å². The Hall–Kier alpha value is -3.43. The predicted molar refractivity (Wildman–Crippen MR) is 145 cm³/mol. The number of benzene rings is 2. The highest BCUT2D eigenvalue weighted by Gasteiger charge is 2.37. The van der Waals surface area contributed by atoms with Crippen molar-refractivity contribution in [2.45, 2.75) is 51.2 Å². The Balaban J connectivity index is 0.00000380. The summed E-state index contributed by atoms with van der Waals surface area (Å²) in [6.45, 7) is 1.88. The Kier molecular flexibility index (Phi) is 9.29. The molecule has 0 radical (unpaired) electrons. The summed E-state index contributed by atoms with van der Waals surface area (Å²) in [6.07, 6.45) is 3.10. The van der Waals surface area contributed by atoms with Crippen molar-refractivity contribution in [1.82, 2.24) is 9.55 Å². The second-order valence-electron chi connectivity index (χ2n) is 9.06. The van der Waals surface area contributed by atoms with Gasteiger partial charge in [-0.05, 0) is 43.5 Å². The molecule has 1 unspecified atom stereocenters. The second-order valence-corrected chi connectivity index (χ2v) is 9.06. The predicted octanol–water partition coefficient (Wildman–Crippen LogP) is 3.72. The van der Waals surface area contributed by atoms with Crippen molar-refractivity contribution >= 4 is 46.8 Å². The highest BCUT2D eigenvalue weighted by molar-refractivity contribution is 6.09. The molecule has 1 atom stereocenters. The van der Waals surface area contributed by atoms with Gasteiger partial charge in [0, 0.05) is 37.9 Å². The smallest absolute Gasteiger partial charge is 0.345 e. The first-order chi connectivity index (χ1) is 17.3. The fourth-order valence-electron chi connectivity index (χ4n) is 4.85. The number of carbonyl (C=O) groups is 2. The number of esters is 1. The van der Waals surface area contributed by atoms with Crippen LogP contribution in [0.2, 0.25) is 0 Å². The van der Waals surface area contributed by atoms with E-state index in [-0.39, 0.29) is 30.9 Å². The molecule has 37 heavy (non-hydrogen) atoms. The summed E-state index contributed by atoms with van der Waals surface area (Å²) in [7, 11) is 3.32. The van der Waals surface area contributed by atoms with Crippen molar-refractivity contribution in [3.8, 4) is 0 Å². The summed E-state index contributed by atoms with van der Waals surface area (Å²) in [5, 5.41) is 7.56. The maximum atomic E-state index is 13.6. The van der Waals surface area contributed by atoms with E-state index < -0.39 is 18.0 Å². The van der Waals surface area contributed by atoms with E-state index >= 15 is 0 Å². The number of rotatable bonds is 9. The molecule has 2 aromatic carbocycles. The van der Waals surface area contributed by atoms with Gasteiger partial charge in [-0.25, -0.2) is 9.78 Å². The van der Waals surface area contributed by atoms with Crippen LogP contribution in [0.5, 0.6) is 0 Å². The monoisotopic (exact) mass is 527 g/mol. The van der Waals surface area contributed by atoms with Crippen LogP contribution in [-0.2, 0) is 32.5 Å². The van der Waals surface area contributed by atoms with Gasteiger partial charge >= 0.3 is 5.97 Å². The Morgan fingerprint density at radius 3 is 2.46 bits per heavy atom. The first kappa shape index (κ1) is 28.1. The number of amides is 1. The third-order valence-corrected chi connectivity index (χ3v) is 6.75. The van der Waals surface area contributed by atoms with Crippen molar-refractivity contribution in [1.29, 1.82) is 5.41 Å². The van der Waals surface area contributed by atoms with Gasteiger partial charge < -0.3 is 24.7 Å². The molecule has 1 aliphatic carbocycles. The van der Waals surface area contributed by atoms with Crippen molar-refractivity contribution in [3.05, 3.63) is 59.4 Å². The van der Waals surface area contributed by atoms with Crippen molar-refractivity contribution in [2.75, 3.05) is 18.6 Å². The van der Waals surface area contributed by atoms with Crippen LogP contribution in [0.25, 0.3) is 11.0 Å². The molecule has 198 valence electrons. The third-order valence-electron chi connectivity index (χ3n) is 6.75. The number of methoxy groups -OCH3 is 1. The van der Waals surface area contributed by atoms with E-state index in [2.05, 4.69) is 0 Å². The first-order valence-corrected chi connectivity index (χ1v) is 12.2. The molecule has 10 heteroatoms. The van der Waals surface area contributed by atoms with E-state index in [1.165, 1.54) is 7.11 Å². The molecular weight excluding hydrogens is 494 g/mol. The van der Waals surface area contributed by atoms with Gasteiger partial charge in [0.15, 0.2) is 0 Å². The number of nitrogens with two attached hydrogens (primary N) is 1. The van der Waals surface area contributed by atoms with Crippen LogP contribution in [0.1, 0.15) is 49.6 Å². The van der Waals surface area contributed by atoms with Gasteiger partial charge in [-0.1, -0.05) is 37.1 Å². The minimum Gasteiger partial charge on any atom is -0.464 e. The fraction of sp³-hybridized carbons (Fsp3) is 0.407. The Morgan fingerprint density at radius 1 is 1.19 bits per heavy atom. The summed E-state index contributed by atoms with van der Waals surface area (Å²) in [6, 6.07) is 13.3. The number of fused-ring (bicyclic) bond motifs is 1. The summed E-state index contributed by atoms with van der Waals surface area (Å²) in [5.41, 5.74) is 9.71.